The number of halogens is 1. The molecule has 2 aromatic carbocycles. The lowest BCUT2D eigenvalue weighted by molar-refractivity contribution is 0.0970. The number of para-hydroxylation sites is 1. The molecule has 0 saturated heterocycles. The minimum Gasteiger partial charge on any atom is -0.478 e. The van der Waals surface area contributed by atoms with Crippen molar-refractivity contribution in [2.75, 3.05) is 13.3 Å². The summed E-state index contributed by atoms with van der Waals surface area (Å²) in [4.78, 5) is 16.6. The minimum absolute atomic E-state index is 0.153. The zero-order valence-corrected chi connectivity index (χ0v) is 18.4. The summed E-state index contributed by atoms with van der Waals surface area (Å²) in [6, 6.07) is 15.2. The van der Waals surface area contributed by atoms with Crippen LogP contribution in [0.5, 0.6) is 17.2 Å². The zero-order chi connectivity index (χ0) is 20.5. The van der Waals surface area contributed by atoms with Crippen molar-refractivity contribution in [1.82, 2.24) is 4.90 Å². The summed E-state index contributed by atoms with van der Waals surface area (Å²) >= 11 is 5.19. The molecular weight excluding hydrogens is 466 g/mol. The molecule has 0 unspecified atom stereocenters. The van der Waals surface area contributed by atoms with Gasteiger partial charge in [-0.1, -0.05) is 18.2 Å². The maximum atomic E-state index is 13.0. The average molecular weight is 484 g/mol. The third kappa shape index (κ3) is 3.76. The van der Waals surface area contributed by atoms with Crippen molar-refractivity contribution >= 4 is 38.2 Å². The molecule has 0 fully saturated rings. The maximum absolute atomic E-state index is 13.0. The van der Waals surface area contributed by atoms with E-state index < -0.39 is 0 Å². The van der Waals surface area contributed by atoms with Gasteiger partial charge in [0.1, 0.15) is 30.1 Å². The van der Waals surface area contributed by atoms with Gasteiger partial charge in [0.15, 0.2) is 0 Å². The number of rotatable bonds is 5. The molecule has 0 N–H and O–H groups in total. The first-order chi connectivity index (χ1) is 14.7. The van der Waals surface area contributed by atoms with Crippen LogP contribution >= 0.6 is 27.3 Å². The number of fused-ring (bicyclic) bond motifs is 3. The molecule has 2 aromatic heterocycles. The Hall–Kier alpha value is -2.61. The molecular formula is C23H18BrNO4S. The number of ether oxygens (including phenoxy) is 2. The molecule has 30 heavy (non-hydrogen) atoms. The summed E-state index contributed by atoms with van der Waals surface area (Å²) < 4.78 is 18.4. The van der Waals surface area contributed by atoms with Crippen LogP contribution in [0.4, 0.5) is 0 Å². The third-order valence-electron chi connectivity index (χ3n) is 5.07. The van der Waals surface area contributed by atoms with Crippen molar-refractivity contribution in [3.8, 4) is 17.2 Å². The molecule has 0 radical (unpaired) electrons. The normalized spacial score (nSPS) is 13.8. The topological polar surface area (TPSA) is 51.9 Å². The molecule has 152 valence electrons. The second-order valence-corrected chi connectivity index (χ2v) is 8.92. The van der Waals surface area contributed by atoms with Crippen LogP contribution in [0.3, 0.4) is 0 Å². The van der Waals surface area contributed by atoms with Crippen LogP contribution in [-0.2, 0) is 13.0 Å². The van der Waals surface area contributed by atoms with Crippen molar-refractivity contribution in [1.29, 1.82) is 0 Å². The largest absolute Gasteiger partial charge is 0.478 e. The summed E-state index contributed by atoms with van der Waals surface area (Å²) in [5.41, 5.74) is 1.25. The Morgan fingerprint density at radius 2 is 2.00 bits per heavy atom. The van der Waals surface area contributed by atoms with Crippen molar-refractivity contribution < 1.29 is 13.9 Å². The van der Waals surface area contributed by atoms with Crippen molar-refractivity contribution in [3.63, 3.8) is 0 Å². The second-order valence-electron chi connectivity index (χ2n) is 7.04. The monoisotopic (exact) mass is 483 g/mol. The van der Waals surface area contributed by atoms with E-state index in [0.29, 0.717) is 30.0 Å². The number of thiophene rings is 1. The molecule has 0 spiro atoms. The van der Waals surface area contributed by atoms with Crippen LogP contribution in [-0.4, -0.2) is 18.2 Å². The van der Waals surface area contributed by atoms with Crippen LogP contribution in [0.1, 0.15) is 10.4 Å². The van der Waals surface area contributed by atoms with Gasteiger partial charge in [0.25, 0.3) is 0 Å². The molecule has 0 amide bonds. The highest BCUT2D eigenvalue weighted by atomic mass is 79.9. The van der Waals surface area contributed by atoms with E-state index in [1.807, 2.05) is 24.3 Å². The van der Waals surface area contributed by atoms with E-state index >= 15 is 0 Å². The summed E-state index contributed by atoms with van der Waals surface area (Å²) in [5, 5.41) is 2.58. The summed E-state index contributed by atoms with van der Waals surface area (Å²) in [7, 11) is 0. The first kappa shape index (κ1) is 19.4. The smallest absolute Gasteiger partial charge is 0.235 e. The highest BCUT2D eigenvalue weighted by Crippen LogP contribution is 2.33. The Morgan fingerprint density at radius 1 is 1.10 bits per heavy atom. The Labute approximate surface area is 185 Å². The molecule has 1 aliphatic rings. The van der Waals surface area contributed by atoms with Crippen LogP contribution in [0.15, 0.2) is 73.9 Å². The molecule has 4 aromatic rings. The maximum Gasteiger partial charge on any atom is 0.235 e. The van der Waals surface area contributed by atoms with E-state index in [1.54, 1.807) is 23.5 Å². The van der Waals surface area contributed by atoms with Gasteiger partial charge in [-0.3, -0.25) is 9.69 Å². The molecule has 0 bridgehead atoms. The lowest BCUT2D eigenvalue weighted by Gasteiger charge is -2.29. The minimum atomic E-state index is -0.203. The fraction of sp³-hybridized carbons (Fsp3) is 0.174. The fourth-order valence-electron chi connectivity index (χ4n) is 3.52. The van der Waals surface area contributed by atoms with Crippen LogP contribution in [0, 0.1) is 0 Å². The van der Waals surface area contributed by atoms with Crippen LogP contribution < -0.4 is 14.9 Å². The molecule has 3 heterocycles. The van der Waals surface area contributed by atoms with Gasteiger partial charge in [0.05, 0.1) is 15.4 Å². The predicted molar refractivity (Wildman–Crippen MR) is 121 cm³/mol. The van der Waals surface area contributed by atoms with E-state index in [1.165, 1.54) is 11.1 Å². The van der Waals surface area contributed by atoms with Crippen molar-refractivity contribution in [2.24, 2.45) is 0 Å². The van der Waals surface area contributed by atoms with Gasteiger partial charge in [0, 0.05) is 18.0 Å². The Kier molecular flexibility index (Phi) is 5.33. The van der Waals surface area contributed by atoms with Crippen molar-refractivity contribution in [2.45, 2.75) is 13.0 Å². The number of hydrogen-bond donors (Lipinski definition) is 0. The Bertz CT molecular complexity index is 1250. The zero-order valence-electron chi connectivity index (χ0n) is 16.0. The number of benzene rings is 2. The van der Waals surface area contributed by atoms with Gasteiger partial charge < -0.3 is 13.9 Å². The fourth-order valence-corrected chi connectivity index (χ4v) is 4.58. The van der Waals surface area contributed by atoms with E-state index in [0.717, 1.165) is 28.8 Å². The highest BCUT2D eigenvalue weighted by molar-refractivity contribution is 9.10. The van der Waals surface area contributed by atoms with Gasteiger partial charge in [-0.25, -0.2) is 0 Å². The third-order valence-corrected chi connectivity index (χ3v) is 6.66. The van der Waals surface area contributed by atoms with E-state index in [4.69, 9.17) is 13.9 Å². The first-order valence-corrected chi connectivity index (χ1v) is 11.2. The van der Waals surface area contributed by atoms with E-state index in [2.05, 4.69) is 38.3 Å². The van der Waals surface area contributed by atoms with E-state index in [-0.39, 0.29) is 11.2 Å². The van der Waals surface area contributed by atoms with Gasteiger partial charge in [-0.2, -0.15) is 0 Å². The molecule has 0 atom stereocenters. The van der Waals surface area contributed by atoms with Gasteiger partial charge in [0.2, 0.25) is 11.2 Å². The summed E-state index contributed by atoms with van der Waals surface area (Å²) in [6.45, 7) is 2.08. The Morgan fingerprint density at radius 3 is 2.83 bits per heavy atom. The van der Waals surface area contributed by atoms with Crippen LogP contribution in [0.25, 0.3) is 11.0 Å². The highest BCUT2D eigenvalue weighted by Gasteiger charge is 2.23. The van der Waals surface area contributed by atoms with Gasteiger partial charge in [-0.05, 0) is 58.1 Å². The predicted octanol–water partition coefficient (Wildman–Crippen LogP) is 5.80. The lowest BCUT2D eigenvalue weighted by atomic mass is 10.1. The standard InChI is InChI=1S/C23H18BrNO4S/c24-18-5-1-2-6-20(18)29-21-13-27-23-16(22(21)26)7-8-19-17(23)12-25(14-28-19)10-9-15-4-3-11-30-15/h1-8,11,13H,9-10,12,14H2. The quantitative estimate of drug-likeness (QED) is 0.358. The van der Waals surface area contributed by atoms with Gasteiger partial charge in [-0.15, -0.1) is 11.3 Å². The molecule has 7 heteroatoms. The average Bonchev–Trinajstić information content (AvgIpc) is 3.29. The molecule has 1 aliphatic heterocycles. The molecule has 0 saturated carbocycles. The van der Waals surface area contributed by atoms with Crippen LogP contribution in [0.2, 0.25) is 0 Å². The summed E-state index contributed by atoms with van der Waals surface area (Å²) in [6.07, 6.45) is 2.35. The Balaban J connectivity index is 1.44. The molecule has 5 nitrogen and oxygen atoms in total. The molecule has 5 rings (SSSR count). The number of nitrogens with zero attached hydrogens (tertiary/aromatic N) is 1. The second kappa shape index (κ2) is 8.26. The lowest BCUT2D eigenvalue weighted by Crippen LogP contribution is -2.33. The van der Waals surface area contributed by atoms with Crippen molar-refractivity contribution in [3.05, 3.63) is 85.3 Å². The SMILES string of the molecule is O=c1c(Oc2ccccc2Br)coc2c3c(ccc12)OCN(CCc1cccs1)C3. The van der Waals surface area contributed by atoms with E-state index in [9.17, 15) is 4.79 Å². The first-order valence-electron chi connectivity index (χ1n) is 9.56. The van der Waals surface area contributed by atoms with Gasteiger partial charge >= 0.3 is 0 Å². The summed E-state index contributed by atoms with van der Waals surface area (Å²) in [5.74, 6) is 1.48. The number of hydrogen-bond acceptors (Lipinski definition) is 6. The molecule has 0 aliphatic carbocycles.